The predicted molar refractivity (Wildman–Crippen MR) is 120 cm³/mol. The van der Waals surface area contributed by atoms with Crippen LogP contribution in [0.4, 0.5) is 0 Å². The van der Waals surface area contributed by atoms with Crippen molar-refractivity contribution in [2.75, 3.05) is 26.2 Å². The largest absolute Gasteiger partial charge is 0.339 e. The van der Waals surface area contributed by atoms with Crippen LogP contribution in [-0.4, -0.2) is 46.9 Å². The first-order valence-electron chi connectivity index (χ1n) is 10.6. The van der Waals surface area contributed by atoms with E-state index < -0.39 is 5.41 Å². The summed E-state index contributed by atoms with van der Waals surface area (Å²) in [6.07, 6.45) is 3.45. The molecule has 1 unspecified atom stereocenters. The quantitative estimate of drug-likeness (QED) is 0.642. The minimum atomic E-state index is -0.761. The normalized spacial score (nSPS) is 15.8. The first-order valence-corrected chi connectivity index (χ1v) is 10.6. The van der Waals surface area contributed by atoms with E-state index in [1.165, 1.54) is 0 Å². The summed E-state index contributed by atoms with van der Waals surface area (Å²) >= 11 is 0. The van der Waals surface area contributed by atoms with Gasteiger partial charge >= 0.3 is 0 Å². The van der Waals surface area contributed by atoms with Crippen LogP contribution in [0.15, 0.2) is 85.2 Å². The number of hydrogen-bond acceptors (Lipinski definition) is 4. The van der Waals surface area contributed by atoms with Crippen molar-refractivity contribution < 1.29 is 4.79 Å². The van der Waals surface area contributed by atoms with Gasteiger partial charge in [0.2, 0.25) is 5.91 Å². The molecule has 1 aliphatic rings. The molecule has 2 heterocycles. The van der Waals surface area contributed by atoms with Crippen LogP contribution in [0.2, 0.25) is 0 Å². The molecular formula is C26H26N4O. The van der Waals surface area contributed by atoms with E-state index in [-0.39, 0.29) is 11.9 Å². The number of pyridine rings is 1. The van der Waals surface area contributed by atoms with Gasteiger partial charge in [0.05, 0.1) is 11.5 Å². The fraction of sp³-hybridized carbons (Fsp3) is 0.269. The number of carbonyl (C=O) groups excluding carboxylic acids is 1. The van der Waals surface area contributed by atoms with E-state index in [4.69, 9.17) is 0 Å². The summed E-state index contributed by atoms with van der Waals surface area (Å²) in [5, 5.41) is 9.73. The molecule has 1 amide bonds. The van der Waals surface area contributed by atoms with E-state index in [2.05, 4.69) is 16.0 Å². The van der Waals surface area contributed by atoms with Gasteiger partial charge in [-0.05, 0) is 24.1 Å². The summed E-state index contributed by atoms with van der Waals surface area (Å²) in [5.74, 6) is 0.0967. The molecule has 0 spiro atoms. The van der Waals surface area contributed by atoms with Gasteiger partial charge < -0.3 is 4.90 Å². The number of piperazine rings is 1. The van der Waals surface area contributed by atoms with Crippen molar-refractivity contribution in [3.05, 3.63) is 102 Å². The Kier molecular flexibility index (Phi) is 6.11. The highest BCUT2D eigenvalue weighted by atomic mass is 16.2. The van der Waals surface area contributed by atoms with Gasteiger partial charge in [-0.2, -0.15) is 5.26 Å². The highest BCUT2D eigenvalue weighted by Crippen LogP contribution is 2.34. The maximum absolute atomic E-state index is 13.9. The van der Waals surface area contributed by atoms with E-state index in [1.54, 1.807) is 12.4 Å². The summed E-state index contributed by atoms with van der Waals surface area (Å²) in [6, 6.07) is 25.8. The van der Waals surface area contributed by atoms with Gasteiger partial charge in [-0.3, -0.25) is 14.7 Å². The van der Waals surface area contributed by atoms with Crippen molar-refractivity contribution in [2.24, 2.45) is 0 Å². The van der Waals surface area contributed by atoms with Gasteiger partial charge in [-0.1, -0.05) is 66.7 Å². The highest BCUT2D eigenvalue weighted by molar-refractivity contribution is 5.91. The van der Waals surface area contributed by atoms with Gasteiger partial charge in [0.1, 0.15) is 6.04 Å². The smallest absolute Gasteiger partial charge is 0.237 e. The van der Waals surface area contributed by atoms with Crippen molar-refractivity contribution in [3.63, 3.8) is 0 Å². The van der Waals surface area contributed by atoms with E-state index in [1.807, 2.05) is 84.6 Å². The van der Waals surface area contributed by atoms with Crippen LogP contribution in [0.1, 0.15) is 29.7 Å². The second-order valence-corrected chi connectivity index (χ2v) is 8.00. The van der Waals surface area contributed by atoms with Gasteiger partial charge in [0, 0.05) is 44.1 Å². The first-order chi connectivity index (χ1) is 15.1. The van der Waals surface area contributed by atoms with E-state index >= 15 is 0 Å². The zero-order valence-corrected chi connectivity index (χ0v) is 17.7. The molecule has 5 heteroatoms. The monoisotopic (exact) mass is 410 g/mol. The number of amides is 1. The van der Waals surface area contributed by atoms with Crippen LogP contribution >= 0.6 is 0 Å². The highest BCUT2D eigenvalue weighted by Gasteiger charge is 2.41. The number of carbonyl (C=O) groups is 1. The molecule has 1 fully saturated rings. The standard InChI is InChI=1S/C26H26N4O/c1-26(22-10-4-2-5-11-22,23-12-6-3-7-13-23)25(31)30-17-15-29(16-18-30)24(19-27)21-9-8-14-28-20-21/h2-14,20,24H,15-18H2,1H3. The molecule has 0 radical (unpaired) electrons. The maximum atomic E-state index is 13.9. The minimum Gasteiger partial charge on any atom is -0.339 e. The summed E-state index contributed by atoms with van der Waals surface area (Å²) in [5.41, 5.74) is 2.10. The summed E-state index contributed by atoms with van der Waals surface area (Å²) in [7, 11) is 0. The molecule has 156 valence electrons. The average Bonchev–Trinajstić information content (AvgIpc) is 2.86. The molecule has 0 bridgehead atoms. The molecule has 1 saturated heterocycles. The number of rotatable bonds is 5. The molecule has 0 N–H and O–H groups in total. The number of hydrogen-bond donors (Lipinski definition) is 0. The second kappa shape index (κ2) is 9.11. The van der Waals surface area contributed by atoms with Gasteiger partial charge in [-0.15, -0.1) is 0 Å². The summed E-state index contributed by atoms with van der Waals surface area (Å²) in [6.45, 7) is 4.50. The topological polar surface area (TPSA) is 60.2 Å². The fourth-order valence-corrected chi connectivity index (χ4v) is 4.36. The Morgan fingerprint density at radius 1 is 0.935 bits per heavy atom. The van der Waals surface area contributed by atoms with E-state index in [0.717, 1.165) is 16.7 Å². The summed E-state index contributed by atoms with van der Waals surface area (Å²) < 4.78 is 0. The van der Waals surface area contributed by atoms with Gasteiger partial charge in [0.25, 0.3) is 0 Å². The molecule has 2 aromatic carbocycles. The molecule has 1 atom stereocenters. The zero-order chi connectivity index (χ0) is 21.7. The van der Waals surface area contributed by atoms with Crippen LogP contribution in [0.25, 0.3) is 0 Å². The maximum Gasteiger partial charge on any atom is 0.237 e. The average molecular weight is 411 g/mol. The van der Waals surface area contributed by atoms with E-state index in [0.29, 0.717) is 26.2 Å². The number of nitriles is 1. The third-order valence-corrected chi connectivity index (χ3v) is 6.22. The molecule has 4 rings (SSSR count). The molecule has 5 nitrogen and oxygen atoms in total. The molecule has 1 aromatic heterocycles. The third-order valence-electron chi connectivity index (χ3n) is 6.22. The van der Waals surface area contributed by atoms with Crippen LogP contribution in [-0.2, 0) is 10.2 Å². The molecular weight excluding hydrogens is 384 g/mol. The Morgan fingerprint density at radius 3 is 2.00 bits per heavy atom. The van der Waals surface area contributed by atoms with Gasteiger partial charge in [-0.25, -0.2) is 0 Å². The molecule has 1 aliphatic heterocycles. The Hall–Kier alpha value is -3.49. The van der Waals surface area contributed by atoms with Crippen molar-refractivity contribution in [2.45, 2.75) is 18.4 Å². The second-order valence-electron chi connectivity index (χ2n) is 8.00. The lowest BCUT2D eigenvalue weighted by molar-refractivity contribution is -0.137. The first kappa shape index (κ1) is 20.8. The molecule has 3 aromatic rings. The Bertz CT molecular complexity index is 1000. The Labute approximate surface area is 183 Å². The third kappa shape index (κ3) is 4.08. The lowest BCUT2D eigenvalue weighted by Crippen LogP contribution is -2.54. The number of aromatic nitrogens is 1. The molecule has 0 saturated carbocycles. The van der Waals surface area contributed by atoms with Gasteiger partial charge in [0.15, 0.2) is 0 Å². The SMILES string of the molecule is CC(C(=O)N1CCN(C(C#N)c2cccnc2)CC1)(c1ccccc1)c1ccccc1. The van der Waals surface area contributed by atoms with Crippen LogP contribution in [0.5, 0.6) is 0 Å². The van der Waals surface area contributed by atoms with Crippen molar-refractivity contribution in [1.29, 1.82) is 5.26 Å². The Morgan fingerprint density at radius 2 is 1.52 bits per heavy atom. The number of nitrogens with zero attached hydrogens (tertiary/aromatic N) is 4. The summed E-state index contributed by atoms with van der Waals surface area (Å²) in [4.78, 5) is 22.1. The zero-order valence-electron chi connectivity index (χ0n) is 17.7. The van der Waals surface area contributed by atoms with Crippen LogP contribution in [0, 0.1) is 11.3 Å². The number of benzene rings is 2. The van der Waals surface area contributed by atoms with Crippen molar-refractivity contribution in [3.8, 4) is 6.07 Å². The van der Waals surface area contributed by atoms with Crippen LogP contribution < -0.4 is 0 Å². The van der Waals surface area contributed by atoms with Crippen molar-refractivity contribution in [1.82, 2.24) is 14.8 Å². The fourth-order valence-electron chi connectivity index (χ4n) is 4.36. The molecule has 31 heavy (non-hydrogen) atoms. The lowest BCUT2D eigenvalue weighted by Gasteiger charge is -2.41. The minimum absolute atomic E-state index is 0.0967. The van der Waals surface area contributed by atoms with E-state index in [9.17, 15) is 10.1 Å². The predicted octanol–water partition coefficient (Wildman–Crippen LogP) is 3.80. The lowest BCUT2D eigenvalue weighted by atomic mass is 9.75. The van der Waals surface area contributed by atoms with Crippen molar-refractivity contribution >= 4 is 5.91 Å². The Balaban J connectivity index is 1.56. The molecule has 0 aliphatic carbocycles. The van der Waals surface area contributed by atoms with Crippen LogP contribution in [0.3, 0.4) is 0 Å².